The van der Waals surface area contributed by atoms with Crippen molar-refractivity contribution in [2.45, 2.75) is 65.5 Å². The number of ether oxygens (including phenoxy) is 2. The van der Waals surface area contributed by atoms with Crippen molar-refractivity contribution in [3.8, 4) is 5.75 Å². The van der Waals surface area contributed by atoms with Gasteiger partial charge >= 0.3 is 6.09 Å². The number of hydrogen-bond donors (Lipinski definition) is 0. The molecule has 0 spiro atoms. The third-order valence-corrected chi connectivity index (χ3v) is 7.30. The van der Waals surface area contributed by atoms with Crippen LogP contribution in [0, 0.1) is 6.92 Å². The molecule has 0 unspecified atom stereocenters. The lowest BCUT2D eigenvalue weighted by molar-refractivity contribution is 0.0573. The van der Waals surface area contributed by atoms with Gasteiger partial charge in [0.25, 0.3) is 5.91 Å². The Hall–Kier alpha value is -2.74. The van der Waals surface area contributed by atoms with Crippen molar-refractivity contribution < 1.29 is 23.5 Å². The molecule has 1 aromatic carbocycles. The van der Waals surface area contributed by atoms with Crippen LogP contribution >= 0.6 is 0 Å². The third kappa shape index (κ3) is 5.27. The quantitative estimate of drug-likeness (QED) is 0.614. The van der Waals surface area contributed by atoms with Gasteiger partial charge in [-0.15, -0.1) is 0 Å². The fourth-order valence-electron chi connectivity index (χ4n) is 5.17. The summed E-state index contributed by atoms with van der Waals surface area (Å²) in [4.78, 5) is 31.1. The number of likely N-dealkylation sites (tertiary alicyclic amines) is 1. The van der Waals surface area contributed by atoms with Gasteiger partial charge in [0, 0.05) is 62.3 Å². The first kappa shape index (κ1) is 25.4. The average Bonchev–Trinajstić information content (AvgIpc) is 3.22. The maximum atomic E-state index is 13.5. The second-order valence-corrected chi connectivity index (χ2v) is 10.3. The number of amides is 2. The van der Waals surface area contributed by atoms with Crippen LogP contribution in [0.25, 0.3) is 11.0 Å². The van der Waals surface area contributed by atoms with Crippen molar-refractivity contribution in [3.63, 3.8) is 0 Å². The molecule has 2 fully saturated rings. The van der Waals surface area contributed by atoms with Gasteiger partial charge < -0.3 is 28.6 Å². The summed E-state index contributed by atoms with van der Waals surface area (Å²) in [6, 6.07) is 4.61. The molecule has 0 aliphatic carbocycles. The molecule has 0 atom stereocenters. The topological polar surface area (TPSA) is 75.5 Å². The van der Waals surface area contributed by atoms with Gasteiger partial charge in [-0.3, -0.25) is 4.79 Å². The molecule has 0 saturated carbocycles. The van der Waals surface area contributed by atoms with E-state index in [4.69, 9.17) is 13.9 Å². The summed E-state index contributed by atoms with van der Waals surface area (Å²) >= 11 is 0. The van der Waals surface area contributed by atoms with Gasteiger partial charge in [0.05, 0.1) is 7.11 Å². The van der Waals surface area contributed by atoms with Crippen LogP contribution in [0.2, 0.25) is 0 Å². The van der Waals surface area contributed by atoms with E-state index in [2.05, 4.69) is 45.6 Å². The number of rotatable bonds is 5. The maximum Gasteiger partial charge on any atom is 0.409 e. The molecular weight excluding hydrogens is 446 g/mol. The molecule has 192 valence electrons. The highest BCUT2D eigenvalue weighted by Gasteiger charge is 2.31. The first-order chi connectivity index (χ1) is 16.7. The number of furan rings is 1. The first-order valence-corrected chi connectivity index (χ1v) is 12.8. The smallest absolute Gasteiger partial charge is 0.409 e. The number of carbonyl (C=O) groups excluding carboxylic acids is 2. The van der Waals surface area contributed by atoms with E-state index in [9.17, 15) is 9.59 Å². The zero-order valence-corrected chi connectivity index (χ0v) is 21.9. The fraction of sp³-hybridized carbons (Fsp3) is 0.630. The highest BCUT2D eigenvalue weighted by molar-refractivity contribution is 6.00. The minimum absolute atomic E-state index is 0.123. The predicted molar refractivity (Wildman–Crippen MR) is 135 cm³/mol. The van der Waals surface area contributed by atoms with Crippen LogP contribution < -0.4 is 4.74 Å². The van der Waals surface area contributed by atoms with Crippen LogP contribution in [0.3, 0.4) is 0 Å². The zero-order chi connectivity index (χ0) is 25.3. The standard InChI is InChI=1S/C27H39N3O5/c1-17(2)24-21-15-19(5)22(34-20-7-9-28(10-8-20)18(3)4)16-23(21)35-25(24)26(31)29-11-13-30(14-12-29)27(32)33-6/h15-18,20H,7-14H2,1-6H3. The van der Waals surface area contributed by atoms with E-state index in [1.54, 1.807) is 9.80 Å². The predicted octanol–water partition coefficient (Wildman–Crippen LogP) is 4.64. The molecule has 1 aromatic heterocycles. The summed E-state index contributed by atoms with van der Waals surface area (Å²) in [5, 5.41) is 0.969. The van der Waals surface area contributed by atoms with Gasteiger partial charge in [0.1, 0.15) is 17.4 Å². The molecule has 0 bridgehead atoms. The van der Waals surface area contributed by atoms with Crippen molar-refractivity contribution in [3.05, 3.63) is 29.0 Å². The summed E-state index contributed by atoms with van der Waals surface area (Å²) in [6.07, 6.45) is 1.84. The minimum atomic E-state index is -0.360. The van der Waals surface area contributed by atoms with E-state index in [1.165, 1.54) is 7.11 Å². The highest BCUT2D eigenvalue weighted by Crippen LogP contribution is 2.37. The van der Waals surface area contributed by atoms with Crippen LogP contribution in [0.1, 0.15) is 68.1 Å². The normalized spacial score (nSPS) is 18.1. The van der Waals surface area contributed by atoms with Gasteiger partial charge in [-0.05, 0) is 51.2 Å². The molecule has 2 aromatic rings. The van der Waals surface area contributed by atoms with E-state index in [-0.39, 0.29) is 24.0 Å². The Labute approximate surface area is 208 Å². The number of methoxy groups -OCH3 is 1. The van der Waals surface area contributed by atoms with Crippen molar-refractivity contribution in [2.75, 3.05) is 46.4 Å². The lowest BCUT2D eigenvalue weighted by atomic mass is 9.97. The molecule has 3 heterocycles. The van der Waals surface area contributed by atoms with Crippen LogP contribution in [-0.2, 0) is 4.74 Å². The highest BCUT2D eigenvalue weighted by atomic mass is 16.5. The zero-order valence-electron chi connectivity index (χ0n) is 21.9. The molecule has 4 rings (SSSR count). The molecule has 8 nitrogen and oxygen atoms in total. The van der Waals surface area contributed by atoms with E-state index in [0.29, 0.717) is 43.6 Å². The van der Waals surface area contributed by atoms with Gasteiger partial charge in [-0.2, -0.15) is 0 Å². The number of nitrogens with zero attached hydrogens (tertiary/aromatic N) is 3. The number of aryl methyl sites for hydroxylation is 1. The van der Waals surface area contributed by atoms with Crippen LogP contribution in [0.15, 0.2) is 16.5 Å². The van der Waals surface area contributed by atoms with E-state index in [1.807, 2.05) is 6.07 Å². The molecule has 8 heteroatoms. The van der Waals surface area contributed by atoms with Crippen LogP contribution in [-0.4, -0.2) is 85.2 Å². The summed E-state index contributed by atoms with van der Waals surface area (Å²) in [7, 11) is 1.37. The van der Waals surface area contributed by atoms with Gasteiger partial charge in [0.2, 0.25) is 0 Å². The van der Waals surface area contributed by atoms with E-state index >= 15 is 0 Å². The van der Waals surface area contributed by atoms with Gasteiger partial charge in [-0.25, -0.2) is 4.79 Å². The van der Waals surface area contributed by atoms with Crippen LogP contribution in [0.4, 0.5) is 4.79 Å². The van der Waals surface area contributed by atoms with Crippen molar-refractivity contribution >= 4 is 23.0 Å². The molecule has 2 saturated heterocycles. The Morgan fingerprint density at radius 2 is 1.60 bits per heavy atom. The fourth-order valence-corrected chi connectivity index (χ4v) is 5.17. The largest absolute Gasteiger partial charge is 0.490 e. The second kappa shape index (κ2) is 10.5. The summed E-state index contributed by atoms with van der Waals surface area (Å²) in [5.74, 6) is 1.22. The molecule has 0 N–H and O–H groups in total. The monoisotopic (exact) mass is 485 g/mol. The summed E-state index contributed by atoms with van der Waals surface area (Å²) in [5.41, 5.74) is 2.67. The Morgan fingerprint density at radius 1 is 0.971 bits per heavy atom. The number of piperazine rings is 1. The number of fused-ring (bicyclic) bond motifs is 1. The lowest BCUT2D eigenvalue weighted by Crippen LogP contribution is -2.50. The second-order valence-electron chi connectivity index (χ2n) is 10.3. The molecule has 2 aliphatic rings. The summed E-state index contributed by atoms with van der Waals surface area (Å²) in [6.45, 7) is 14.6. The van der Waals surface area contributed by atoms with Crippen molar-refractivity contribution in [1.82, 2.24) is 14.7 Å². The Balaban J connectivity index is 1.55. The van der Waals surface area contributed by atoms with E-state index < -0.39 is 0 Å². The maximum absolute atomic E-state index is 13.5. The third-order valence-electron chi connectivity index (χ3n) is 7.30. The number of benzene rings is 1. The first-order valence-electron chi connectivity index (χ1n) is 12.8. The summed E-state index contributed by atoms with van der Waals surface area (Å²) < 4.78 is 17.4. The van der Waals surface area contributed by atoms with E-state index in [0.717, 1.165) is 48.2 Å². The van der Waals surface area contributed by atoms with Gasteiger partial charge in [0.15, 0.2) is 5.76 Å². The molecular formula is C27H39N3O5. The Morgan fingerprint density at radius 3 is 2.17 bits per heavy atom. The van der Waals surface area contributed by atoms with Gasteiger partial charge in [-0.1, -0.05) is 13.8 Å². The van der Waals surface area contributed by atoms with Crippen molar-refractivity contribution in [2.24, 2.45) is 0 Å². The lowest BCUT2D eigenvalue weighted by Gasteiger charge is -2.34. The minimum Gasteiger partial charge on any atom is -0.490 e. The number of carbonyl (C=O) groups is 2. The molecule has 35 heavy (non-hydrogen) atoms. The van der Waals surface area contributed by atoms with Crippen molar-refractivity contribution in [1.29, 1.82) is 0 Å². The molecule has 0 radical (unpaired) electrons. The Kier molecular flexibility index (Phi) is 7.59. The SMILES string of the molecule is COC(=O)N1CCN(C(=O)c2oc3cc(OC4CCN(C(C)C)CC4)c(C)cc3c2C(C)C)CC1. The average molecular weight is 486 g/mol. The molecule has 2 aliphatic heterocycles. The number of hydrogen-bond acceptors (Lipinski definition) is 6. The molecule has 2 amide bonds. The van der Waals surface area contributed by atoms with Crippen LogP contribution in [0.5, 0.6) is 5.75 Å². The Bertz CT molecular complexity index is 1060. The number of piperidine rings is 1.